The van der Waals surface area contributed by atoms with E-state index in [4.69, 9.17) is 9.47 Å². The molecule has 2 nitrogen and oxygen atoms in total. The summed E-state index contributed by atoms with van der Waals surface area (Å²) in [6.45, 7) is 11.1. The standard InChI is InChI=1S/C22H38O2/c1-6-7-8-9-10-11-12-13-20-14-16-21(17-15-20)24-22(4,5)18-23-19(2)3/h14-17,19H,6-13,18H2,1-5H3. The van der Waals surface area contributed by atoms with Gasteiger partial charge in [-0.1, -0.05) is 57.6 Å². The Morgan fingerprint density at radius 3 is 2.04 bits per heavy atom. The number of rotatable bonds is 13. The number of ether oxygens (including phenoxy) is 2. The molecule has 0 N–H and O–H groups in total. The Hall–Kier alpha value is -1.02. The lowest BCUT2D eigenvalue weighted by Gasteiger charge is -2.27. The molecule has 0 bridgehead atoms. The zero-order valence-electron chi connectivity index (χ0n) is 16.6. The summed E-state index contributed by atoms with van der Waals surface area (Å²) < 4.78 is 11.7. The van der Waals surface area contributed by atoms with Crippen molar-refractivity contribution in [1.82, 2.24) is 0 Å². The van der Waals surface area contributed by atoms with Crippen LogP contribution in [0.5, 0.6) is 5.75 Å². The number of hydrogen-bond donors (Lipinski definition) is 0. The highest BCUT2D eigenvalue weighted by atomic mass is 16.5. The fourth-order valence-corrected chi connectivity index (χ4v) is 2.73. The van der Waals surface area contributed by atoms with Crippen molar-refractivity contribution < 1.29 is 9.47 Å². The summed E-state index contributed by atoms with van der Waals surface area (Å²) in [5.41, 5.74) is 1.11. The summed E-state index contributed by atoms with van der Waals surface area (Å²) in [6.07, 6.45) is 10.9. The SMILES string of the molecule is CCCCCCCCCc1ccc(OC(C)(C)COC(C)C)cc1. The second-order valence-corrected chi connectivity index (χ2v) is 7.74. The zero-order chi connectivity index (χ0) is 17.8. The van der Waals surface area contributed by atoms with E-state index in [0.29, 0.717) is 6.61 Å². The number of aryl methyl sites for hydroxylation is 1. The molecule has 24 heavy (non-hydrogen) atoms. The largest absolute Gasteiger partial charge is 0.485 e. The van der Waals surface area contributed by atoms with E-state index >= 15 is 0 Å². The average Bonchev–Trinajstić information content (AvgIpc) is 2.53. The third-order valence-electron chi connectivity index (χ3n) is 4.15. The molecule has 0 radical (unpaired) electrons. The molecular weight excluding hydrogens is 296 g/mol. The van der Waals surface area contributed by atoms with Crippen LogP contribution in [0.25, 0.3) is 0 Å². The van der Waals surface area contributed by atoms with Crippen molar-refractivity contribution in [2.45, 2.75) is 97.7 Å². The molecular formula is C22H38O2. The maximum atomic E-state index is 6.06. The molecule has 0 unspecified atom stereocenters. The van der Waals surface area contributed by atoms with Crippen LogP contribution in [0, 0.1) is 0 Å². The lowest BCUT2D eigenvalue weighted by molar-refractivity contribution is -0.0276. The first-order valence-electron chi connectivity index (χ1n) is 9.82. The van der Waals surface area contributed by atoms with E-state index < -0.39 is 0 Å². The molecule has 0 aromatic heterocycles. The summed E-state index contributed by atoms with van der Waals surface area (Å²) >= 11 is 0. The predicted octanol–water partition coefficient (Wildman–Crippen LogP) is 6.56. The van der Waals surface area contributed by atoms with Gasteiger partial charge in [-0.15, -0.1) is 0 Å². The fraction of sp³-hybridized carbons (Fsp3) is 0.727. The summed E-state index contributed by atoms with van der Waals surface area (Å²) in [6, 6.07) is 8.58. The van der Waals surface area contributed by atoms with E-state index in [1.54, 1.807) is 0 Å². The van der Waals surface area contributed by atoms with Gasteiger partial charge in [-0.05, 0) is 58.2 Å². The Balaban J connectivity index is 2.27. The Morgan fingerprint density at radius 2 is 1.46 bits per heavy atom. The third-order valence-corrected chi connectivity index (χ3v) is 4.15. The molecule has 0 amide bonds. The van der Waals surface area contributed by atoms with E-state index in [1.807, 2.05) is 0 Å². The van der Waals surface area contributed by atoms with Crippen molar-refractivity contribution >= 4 is 0 Å². The van der Waals surface area contributed by atoms with Crippen molar-refractivity contribution in [1.29, 1.82) is 0 Å². The van der Waals surface area contributed by atoms with E-state index in [0.717, 1.165) is 5.75 Å². The zero-order valence-corrected chi connectivity index (χ0v) is 16.6. The second kappa shape index (κ2) is 11.5. The molecule has 2 heteroatoms. The summed E-state index contributed by atoms with van der Waals surface area (Å²) in [4.78, 5) is 0. The maximum Gasteiger partial charge on any atom is 0.127 e. The Kier molecular flexibility index (Phi) is 10.1. The molecule has 138 valence electrons. The average molecular weight is 335 g/mol. The van der Waals surface area contributed by atoms with Gasteiger partial charge in [0.1, 0.15) is 11.4 Å². The smallest absolute Gasteiger partial charge is 0.127 e. The van der Waals surface area contributed by atoms with Crippen LogP contribution in [0.3, 0.4) is 0 Å². The first kappa shape index (κ1) is 21.0. The number of unbranched alkanes of at least 4 members (excludes halogenated alkanes) is 6. The fourth-order valence-electron chi connectivity index (χ4n) is 2.73. The van der Waals surface area contributed by atoms with Gasteiger partial charge in [0.2, 0.25) is 0 Å². The molecule has 0 heterocycles. The summed E-state index contributed by atoms with van der Waals surface area (Å²) in [5.74, 6) is 0.927. The van der Waals surface area contributed by atoms with Gasteiger partial charge in [-0.3, -0.25) is 0 Å². The van der Waals surface area contributed by atoms with Gasteiger partial charge in [0.15, 0.2) is 0 Å². The van der Waals surface area contributed by atoms with Crippen molar-refractivity contribution in [3.05, 3.63) is 29.8 Å². The minimum absolute atomic E-state index is 0.234. The Morgan fingerprint density at radius 1 is 0.875 bits per heavy atom. The molecule has 0 aliphatic heterocycles. The number of benzene rings is 1. The molecule has 0 saturated carbocycles. The summed E-state index contributed by atoms with van der Waals surface area (Å²) in [7, 11) is 0. The third kappa shape index (κ3) is 9.97. The van der Waals surface area contributed by atoms with Crippen LogP contribution in [-0.4, -0.2) is 18.3 Å². The highest BCUT2D eigenvalue weighted by Gasteiger charge is 2.20. The first-order chi connectivity index (χ1) is 11.4. The summed E-state index contributed by atoms with van der Waals surface area (Å²) in [5, 5.41) is 0. The van der Waals surface area contributed by atoms with E-state index in [1.165, 1.54) is 56.9 Å². The van der Waals surface area contributed by atoms with Crippen LogP contribution in [0.1, 0.15) is 85.1 Å². The second-order valence-electron chi connectivity index (χ2n) is 7.74. The molecule has 0 fully saturated rings. The highest BCUT2D eigenvalue weighted by Crippen LogP contribution is 2.21. The minimum atomic E-state index is -0.301. The molecule has 0 aliphatic rings. The minimum Gasteiger partial charge on any atom is -0.485 e. The Bertz CT molecular complexity index is 420. The van der Waals surface area contributed by atoms with Crippen molar-refractivity contribution in [3.63, 3.8) is 0 Å². The van der Waals surface area contributed by atoms with Crippen LogP contribution in [0.15, 0.2) is 24.3 Å². The predicted molar refractivity (Wildman–Crippen MR) is 104 cm³/mol. The van der Waals surface area contributed by atoms with Gasteiger partial charge >= 0.3 is 0 Å². The van der Waals surface area contributed by atoms with Crippen LogP contribution in [-0.2, 0) is 11.2 Å². The molecule has 1 aromatic carbocycles. The van der Waals surface area contributed by atoms with Gasteiger partial charge in [0.05, 0.1) is 12.7 Å². The molecule has 1 rings (SSSR count). The molecule has 1 aromatic rings. The first-order valence-corrected chi connectivity index (χ1v) is 9.82. The van der Waals surface area contributed by atoms with Crippen LogP contribution >= 0.6 is 0 Å². The molecule has 0 spiro atoms. The lowest BCUT2D eigenvalue weighted by Crippen LogP contribution is -2.35. The monoisotopic (exact) mass is 334 g/mol. The van der Waals surface area contributed by atoms with Crippen molar-refractivity contribution in [2.75, 3.05) is 6.61 Å². The Labute approximate surface area is 149 Å². The van der Waals surface area contributed by atoms with Crippen molar-refractivity contribution in [3.8, 4) is 5.75 Å². The van der Waals surface area contributed by atoms with Crippen LogP contribution in [0.2, 0.25) is 0 Å². The highest BCUT2D eigenvalue weighted by molar-refractivity contribution is 5.27. The maximum absolute atomic E-state index is 6.06. The molecule has 0 saturated heterocycles. The lowest BCUT2D eigenvalue weighted by atomic mass is 10.0. The van der Waals surface area contributed by atoms with E-state index in [9.17, 15) is 0 Å². The van der Waals surface area contributed by atoms with Gasteiger partial charge in [0.25, 0.3) is 0 Å². The normalized spacial score (nSPS) is 11.9. The number of hydrogen-bond acceptors (Lipinski definition) is 2. The van der Waals surface area contributed by atoms with E-state index in [2.05, 4.69) is 58.9 Å². The molecule has 0 atom stereocenters. The van der Waals surface area contributed by atoms with Gasteiger partial charge in [0, 0.05) is 0 Å². The van der Waals surface area contributed by atoms with Gasteiger partial charge in [-0.25, -0.2) is 0 Å². The van der Waals surface area contributed by atoms with Gasteiger partial charge in [-0.2, -0.15) is 0 Å². The van der Waals surface area contributed by atoms with Crippen molar-refractivity contribution in [2.24, 2.45) is 0 Å². The van der Waals surface area contributed by atoms with E-state index in [-0.39, 0.29) is 11.7 Å². The van der Waals surface area contributed by atoms with Gasteiger partial charge < -0.3 is 9.47 Å². The van der Waals surface area contributed by atoms with Crippen LogP contribution < -0.4 is 4.74 Å². The quantitative estimate of drug-likeness (QED) is 0.380. The van der Waals surface area contributed by atoms with Crippen LogP contribution in [0.4, 0.5) is 0 Å². The molecule has 0 aliphatic carbocycles. The topological polar surface area (TPSA) is 18.5 Å².